The number of hydrogen-bond donors (Lipinski definition) is 8. The third-order valence-corrected chi connectivity index (χ3v) is 16.4. The van der Waals surface area contributed by atoms with Gasteiger partial charge >= 0.3 is 31.3 Å². The quantitative estimate of drug-likeness (QED) is 0.0451. The molecular formula is C36H44N10O19P4. The number of anilines is 2. The molecule has 2 aliphatic rings. The van der Waals surface area contributed by atoms with Crippen LogP contribution in [0.4, 0.5) is 11.6 Å². The monoisotopic (exact) mass is 1040 g/mol. The van der Waals surface area contributed by atoms with Crippen molar-refractivity contribution in [1.29, 1.82) is 0 Å². The maximum absolute atomic E-state index is 13.0. The molecule has 2 fully saturated rings. The smallest absolute Gasteiger partial charge is 0.387 e. The molecule has 2 aromatic carbocycles. The van der Waals surface area contributed by atoms with Crippen LogP contribution >= 0.6 is 31.3 Å². The van der Waals surface area contributed by atoms with E-state index in [0.29, 0.717) is 12.8 Å². The maximum atomic E-state index is 13.0. The Hall–Kier alpha value is -4.54. The van der Waals surface area contributed by atoms with Gasteiger partial charge in [-0.05, 0) is 24.0 Å². The van der Waals surface area contributed by atoms with Gasteiger partial charge in [-0.15, -0.1) is 0 Å². The average molecular weight is 1040 g/mol. The van der Waals surface area contributed by atoms with Crippen LogP contribution in [0.2, 0.25) is 0 Å². The number of fused-ring (bicyclic) bond motifs is 2. The van der Waals surface area contributed by atoms with Crippen molar-refractivity contribution in [3.05, 3.63) is 97.1 Å². The molecule has 29 nitrogen and oxygen atoms in total. The summed E-state index contributed by atoms with van der Waals surface area (Å²) in [5, 5.41) is 22.7. The lowest BCUT2D eigenvalue weighted by Gasteiger charge is -2.23. The third kappa shape index (κ3) is 12.3. The molecule has 69 heavy (non-hydrogen) atoms. The van der Waals surface area contributed by atoms with Gasteiger partial charge in [-0.1, -0.05) is 60.7 Å². The van der Waals surface area contributed by atoms with E-state index in [0.717, 1.165) is 23.8 Å². The molecular weight excluding hydrogens is 1000 g/mol. The molecule has 6 heterocycles. The molecule has 6 aromatic rings. The number of nitrogens with two attached hydrogens (primary N) is 2. The van der Waals surface area contributed by atoms with Gasteiger partial charge in [0.05, 0.1) is 39.1 Å². The standard InChI is InChI=1S/C36H44N10O19P4/c37-31-25-33(41-17-39-31)45(19-43-25)35-28(48)29(57-13-11-21-7-3-1-4-8-21)24(62-35)16-60-67(51,52)64-69(55,56)65-68(53,54)63-66(49,50)59-15-23-27(47)30(58-14-12-22-9-5-2-6-10-22)36(61-23)46-20-44-26-32(38)40-18-42-34(26)46/h1-10,17-20,23-24,27-30,35-36,47-48H,11-16H2,(H,49,50)(H,51,52)(H,53,54)(H,55,56)(H2,37,39,41)(H2,38,40,42)/t23-,24-,27-,28+,29+,30-,35+,36-/m1/s1. The van der Waals surface area contributed by atoms with Crippen LogP contribution in [0, 0.1) is 0 Å². The molecule has 0 radical (unpaired) electrons. The summed E-state index contributed by atoms with van der Waals surface area (Å²) in [4.78, 5) is 65.8. The van der Waals surface area contributed by atoms with Crippen LogP contribution < -0.4 is 11.5 Å². The molecule has 33 heteroatoms. The van der Waals surface area contributed by atoms with Gasteiger partial charge in [0, 0.05) is 0 Å². The van der Waals surface area contributed by atoms with Crippen molar-refractivity contribution in [3.63, 3.8) is 0 Å². The van der Waals surface area contributed by atoms with E-state index in [2.05, 4.69) is 42.8 Å². The zero-order valence-corrected chi connectivity index (χ0v) is 39.0. The van der Waals surface area contributed by atoms with Gasteiger partial charge in [-0.2, -0.15) is 12.9 Å². The summed E-state index contributed by atoms with van der Waals surface area (Å²) in [7, 11) is -24.1. The lowest BCUT2D eigenvalue weighted by Crippen LogP contribution is -2.37. The number of rotatable bonds is 22. The molecule has 0 aliphatic carbocycles. The van der Waals surface area contributed by atoms with Gasteiger partial charge in [0.25, 0.3) is 0 Å². The van der Waals surface area contributed by atoms with Gasteiger partial charge in [0.2, 0.25) is 0 Å². The van der Waals surface area contributed by atoms with Crippen molar-refractivity contribution in [2.75, 3.05) is 37.9 Å². The molecule has 2 saturated heterocycles. The van der Waals surface area contributed by atoms with E-state index in [1.807, 2.05) is 48.5 Å². The number of aromatic nitrogens is 8. The number of phosphoric acid groups is 4. The molecule has 0 amide bonds. The minimum absolute atomic E-state index is 0.00285. The number of benzene rings is 2. The molecule has 2 aliphatic heterocycles. The van der Waals surface area contributed by atoms with Crippen LogP contribution in [0.25, 0.3) is 22.3 Å². The Kier molecular flexibility index (Phi) is 15.5. The van der Waals surface area contributed by atoms with Crippen molar-refractivity contribution >= 4 is 65.3 Å². The average Bonchev–Trinajstić information content (AvgIpc) is 4.06. The molecule has 0 spiro atoms. The van der Waals surface area contributed by atoms with Gasteiger partial charge in [0.15, 0.2) is 35.4 Å². The molecule has 4 aromatic heterocycles. The molecule has 12 atom stereocenters. The van der Waals surface area contributed by atoms with E-state index in [1.165, 1.54) is 21.8 Å². The predicted molar refractivity (Wildman–Crippen MR) is 234 cm³/mol. The zero-order chi connectivity index (χ0) is 49.1. The third-order valence-electron chi connectivity index (χ3n) is 10.5. The summed E-state index contributed by atoms with van der Waals surface area (Å²) < 4.78 is 100. The van der Waals surface area contributed by atoms with Crippen LogP contribution in [-0.4, -0.2) is 132 Å². The summed E-state index contributed by atoms with van der Waals surface area (Å²) in [6.07, 6.45) is -5.45. The number of imidazole rings is 2. The summed E-state index contributed by atoms with van der Waals surface area (Å²) >= 11 is 0. The Bertz CT molecular complexity index is 2930. The van der Waals surface area contributed by atoms with Crippen LogP contribution in [0.15, 0.2) is 86.0 Å². The number of nitrogen functional groups attached to an aromatic ring is 2. The SMILES string of the molecule is Nc1ncnc2c1ncn2[C@@H]1O[C@H](COP(=O)(O)OP(=O)(O)OP(=O)(O)OP(=O)(O)OC[C@H]2O[C@H](n3cnc4c(N)ncnc43)[C@@H](O)[C@H]2OCCc2ccccc2)[C@@H](O)[C@H]1OCCc1ccccc1. The highest BCUT2D eigenvalue weighted by molar-refractivity contribution is 7.69. The highest BCUT2D eigenvalue weighted by atomic mass is 31.3. The molecule has 0 saturated carbocycles. The number of phosphoric ester groups is 2. The summed E-state index contributed by atoms with van der Waals surface area (Å²) in [6, 6.07) is 18.3. The van der Waals surface area contributed by atoms with Crippen LogP contribution in [0.1, 0.15) is 23.6 Å². The van der Waals surface area contributed by atoms with Crippen molar-refractivity contribution in [3.8, 4) is 0 Å². The van der Waals surface area contributed by atoms with Crippen LogP contribution in [0.3, 0.4) is 0 Å². The second kappa shape index (κ2) is 21.0. The second-order valence-electron chi connectivity index (χ2n) is 15.1. The summed E-state index contributed by atoms with van der Waals surface area (Å²) in [5.74, 6) is 0.0549. The lowest BCUT2D eigenvalue weighted by atomic mass is 10.1. The summed E-state index contributed by atoms with van der Waals surface area (Å²) in [6.45, 7) is -1.96. The molecule has 8 rings (SSSR count). The van der Waals surface area contributed by atoms with E-state index in [4.69, 9.17) is 39.5 Å². The van der Waals surface area contributed by atoms with Gasteiger partial charge in [0.1, 0.15) is 60.3 Å². The number of hydrogen-bond acceptors (Lipinski definition) is 23. The van der Waals surface area contributed by atoms with E-state index >= 15 is 0 Å². The Morgan fingerprint density at radius 1 is 0.551 bits per heavy atom. The Morgan fingerprint density at radius 2 is 0.986 bits per heavy atom. The second-order valence-corrected chi connectivity index (χ2v) is 21.4. The number of aliphatic hydroxyl groups is 2. The molecule has 0 bridgehead atoms. The molecule has 4 unspecified atom stereocenters. The zero-order valence-electron chi connectivity index (χ0n) is 35.5. The van der Waals surface area contributed by atoms with Crippen LogP contribution in [0.5, 0.6) is 0 Å². The molecule has 10 N–H and O–H groups in total. The highest BCUT2D eigenvalue weighted by Gasteiger charge is 2.51. The first-order valence-electron chi connectivity index (χ1n) is 20.4. The first-order chi connectivity index (χ1) is 32.8. The van der Waals surface area contributed by atoms with Crippen molar-refractivity contribution in [2.24, 2.45) is 0 Å². The van der Waals surface area contributed by atoms with E-state index in [1.54, 1.807) is 12.1 Å². The lowest BCUT2D eigenvalue weighted by molar-refractivity contribution is -0.0695. The Labute approximate surface area is 389 Å². The normalized spacial score (nSPS) is 26.4. The fraction of sp³-hybridized carbons (Fsp3) is 0.389. The van der Waals surface area contributed by atoms with Crippen molar-refractivity contribution < 1.29 is 89.0 Å². The van der Waals surface area contributed by atoms with Gasteiger partial charge < -0.3 is 60.2 Å². The predicted octanol–water partition coefficient (Wildman–Crippen LogP) is 2.09. The van der Waals surface area contributed by atoms with E-state index < -0.39 is 93.6 Å². The number of aliphatic hydroxyl groups excluding tert-OH is 2. The Balaban J connectivity index is 0.882. The van der Waals surface area contributed by atoms with Crippen LogP contribution in [-0.2, 0) is 72.0 Å². The number of ether oxygens (including phenoxy) is 4. The van der Waals surface area contributed by atoms with Gasteiger partial charge in [-0.25, -0.2) is 48.2 Å². The fourth-order valence-corrected chi connectivity index (χ4v) is 12.3. The maximum Gasteiger partial charge on any atom is 0.490 e. The minimum atomic E-state index is -6.23. The fourth-order valence-electron chi connectivity index (χ4n) is 7.38. The van der Waals surface area contributed by atoms with Crippen molar-refractivity contribution in [1.82, 2.24) is 39.0 Å². The first kappa shape index (κ1) is 50.8. The Morgan fingerprint density at radius 3 is 1.49 bits per heavy atom. The molecule has 372 valence electrons. The number of nitrogens with zero attached hydrogens (tertiary/aromatic N) is 8. The topological polar surface area (TPSA) is 412 Å². The van der Waals surface area contributed by atoms with Crippen molar-refractivity contribution in [2.45, 2.75) is 61.9 Å². The largest absolute Gasteiger partial charge is 0.490 e. The first-order valence-corrected chi connectivity index (χ1v) is 26.4. The summed E-state index contributed by atoms with van der Waals surface area (Å²) in [5.41, 5.74) is 14.3. The minimum Gasteiger partial charge on any atom is -0.387 e. The van der Waals surface area contributed by atoms with E-state index in [9.17, 15) is 48.0 Å². The van der Waals surface area contributed by atoms with E-state index in [-0.39, 0.29) is 47.2 Å². The van der Waals surface area contributed by atoms with Gasteiger partial charge in [-0.3, -0.25) is 18.2 Å². The highest BCUT2D eigenvalue weighted by Crippen LogP contribution is 2.71.